The molecule has 3 nitrogen and oxygen atoms in total. The number of alkyl halides is 3. The first-order valence-electron chi connectivity index (χ1n) is 9.19. The summed E-state index contributed by atoms with van der Waals surface area (Å²) in [7, 11) is 0. The molecule has 0 amide bonds. The van der Waals surface area contributed by atoms with Crippen molar-refractivity contribution in [3.05, 3.63) is 53.3 Å². The number of hydrogen-bond acceptors (Lipinski definition) is 3. The van der Waals surface area contributed by atoms with Crippen molar-refractivity contribution in [2.75, 3.05) is 23.9 Å². The summed E-state index contributed by atoms with van der Waals surface area (Å²) >= 11 is 24.8. The third-order valence-electron chi connectivity index (χ3n) is 4.61. The van der Waals surface area contributed by atoms with Crippen LogP contribution in [0.15, 0.2) is 42.2 Å². The molecule has 2 atom stereocenters. The Morgan fingerprint density at radius 3 is 1.52 bits per heavy atom. The molecular formula is C21H21Br7O3. The van der Waals surface area contributed by atoms with Crippen LogP contribution in [0.4, 0.5) is 0 Å². The fourth-order valence-corrected chi connectivity index (χ4v) is 6.06. The zero-order chi connectivity index (χ0) is 23.3. The van der Waals surface area contributed by atoms with Crippen molar-refractivity contribution in [2.24, 2.45) is 0 Å². The van der Waals surface area contributed by atoms with Gasteiger partial charge in [-0.05, 0) is 99.1 Å². The summed E-state index contributed by atoms with van der Waals surface area (Å²) in [6.07, 6.45) is -0.570. The first-order valence-corrected chi connectivity index (χ1v) is 15.5. The summed E-state index contributed by atoms with van der Waals surface area (Å²) < 4.78 is 15.2. The van der Waals surface area contributed by atoms with Crippen molar-refractivity contribution in [3.63, 3.8) is 0 Å². The standard InChI is InChI=1S/C21H21Br7O3/c1-21(2,11-3-15(25)19(16(26)4-11)30-9-13(24)7-22)12-5-17(27)20(18(28)6-12)31-10-14(29)8-23/h3-6,13-14,29H,7-10H2,1-2H3. The van der Waals surface area contributed by atoms with E-state index in [9.17, 15) is 5.11 Å². The molecule has 2 unspecified atom stereocenters. The highest BCUT2D eigenvalue weighted by molar-refractivity contribution is 9.12. The highest BCUT2D eigenvalue weighted by atomic mass is 79.9. The molecule has 1 N–H and O–H groups in total. The molecule has 31 heavy (non-hydrogen) atoms. The van der Waals surface area contributed by atoms with Crippen molar-refractivity contribution >= 4 is 112 Å². The van der Waals surface area contributed by atoms with E-state index in [1.807, 2.05) is 0 Å². The lowest BCUT2D eigenvalue weighted by Crippen LogP contribution is -2.21. The summed E-state index contributed by atoms with van der Waals surface area (Å²) in [5.41, 5.74) is 1.93. The second-order valence-electron chi connectivity index (χ2n) is 7.34. The number of rotatable bonds is 10. The Hall–Kier alpha value is 1.36. The lowest BCUT2D eigenvalue weighted by atomic mass is 9.78. The number of aliphatic hydroxyl groups excluding tert-OH is 1. The third kappa shape index (κ3) is 7.67. The van der Waals surface area contributed by atoms with Gasteiger partial charge < -0.3 is 14.6 Å². The van der Waals surface area contributed by atoms with Gasteiger partial charge in [-0.25, -0.2) is 0 Å². The second-order valence-corrected chi connectivity index (χ2v) is 13.4. The predicted octanol–water partition coefficient (Wildman–Crippen LogP) is 8.73. The molecule has 0 radical (unpaired) electrons. The Morgan fingerprint density at radius 1 is 0.774 bits per heavy atom. The largest absolute Gasteiger partial charge is 0.490 e. The number of aliphatic hydroxyl groups is 1. The quantitative estimate of drug-likeness (QED) is 0.243. The van der Waals surface area contributed by atoms with Crippen LogP contribution in [0.1, 0.15) is 25.0 Å². The number of hydrogen-bond donors (Lipinski definition) is 1. The Bertz CT molecular complexity index is 787. The first-order chi connectivity index (χ1) is 14.5. The maximum Gasteiger partial charge on any atom is 0.147 e. The van der Waals surface area contributed by atoms with Gasteiger partial charge in [-0.1, -0.05) is 61.6 Å². The van der Waals surface area contributed by atoms with Gasteiger partial charge in [0.25, 0.3) is 0 Å². The molecule has 0 aromatic heterocycles. The van der Waals surface area contributed by atoms with E-state index >= 15 is 0 Å². The van der Waals surface area contributed by atoms with Gasteiger partial charge in [0.15, 0.2) is 0 Å². The van der Waals surface area contributed by atoms with E-state index in [1.165, 1.54) is 0 Å². The second kappa shape index (κ2) is 12.9. The molecule has 2 rings (SSSR count). The zero-order valence-corrected chi connectivity index (χ0v) is 27.8. The van der Waals surface area contributed by atoms with E-state index in [1.54, 1.807) is 0 Å². The summed E-state index contributed by atoms with van der Waals surface area (Å²) in [6, 6.07) is 8.29. The van der Waals surface area contributed by atoms with E-state index in [4.69, 9.17) is 9.47 Å². The minimum atomic E-state index is -0.570. The highest BCUT2D eigenvalue weighted by Crippen LogP contribution is 2.44. The fraction of sp³-hybridized carbons (Fsp3) is 0.429. The summed E-state index contributed by atoms with van der Waals surface area (Å²) in [5.74, 6) is 1.45. The molecule has 0 aliphatic heterocycles. The minimum absolute atomic E-state index is 0.205. The monoisotopic (exact) mass is 874 g/mol. The van der Waals surface area contributed by atoms with Gasteiger partial charge in [-0.2, -0.15) is 0 Å². The molecule has 0 spiro atoms. The third-order valence-corrected chi connectivity index (χ3v) is 9.96. The van der Waals surface area contributed by atoms with E-state index in [0.717, 1.165) is 40.1 Å². The van der Waals surface area contributed by atoms with Crippen LogP contribution in [0.3, 0.4) is 0 Å². The fourth-order valence-electron chi connectivity index (χ4n) is 2.73. The van der Waals surface area contributed by atoms with Crippen molar-refractivity contribution in [2.45, 2.75) is 30.2 Å². The number of benzene rings is 2. The number of halogens is 7. The average molecular weight is 881 g/mol. The molecule has 0 saturated carbocycles. The van der Waals surface area contributed by atoms with Crippen LogP contribution in [0, 0.1) is 0 Å². The Labute approximate surface area is 242 Å². The molecule has 2 aromatic rings. The maximum absolute atomic E-state index is 9.76. The molecule has 0 heterocycles. The molecular weight excluding hydrogens is 860 g/mol. The lowest BCUT2D eigenvalue weighted by Gasteiger charge is -2.28. The van der Waals surface area contributed by atoms with Gasteiger partial charge in [-0.15, -0.1) is 0 Å². The Balaban J connectivity index is 2.34. The van der Waals surface area contributed by atoms with Gasteiger partial charge in [0.2, 0.25) is 0 Å². The van der Waals surface area contributed by atoms with E-state index < -0.39 is 6.10 Å². The van der Waals surface area contributed by atoms with Crippen LogP contribution in [0.25, 0.3) is 0 Å². The smallest absolute Gasteiger partial charge is 0.147 e. The van der Waals surface area contributed by atoms with Crippen LogP contribution in [-0.2, 0) is 5.41 Å². The zero-order valence-electron chi connectivity index (χ0n) is 16.7. The first kappa shape index (κ1) is 28.6. The SMILES string of the molecule is CC(C)(c1cc(Br)c(OCC(O)CBr)c(Br)c1)c1cc(Br)c(OCC(Br)CBr)c(Br)c1. The summed E-state index contributed by atoms with van der Waals surface area (Å²) in [4.78, 5) is 0.230. The molecule has 0 saturated heterocycles. The normalized spacial score (nSPS) is 13.7. The molecule has 10 heteroatoms. The van der Waals surface area contributed by atoms with E-state index in [0.29, 0.717) is 17.7 Å². The Kier molecular flexibility index (Phi) is 11.9. The van der Waals surface area contributed by atoms with Gasteiger partial charge in [0.05, 0.1) is 28.8 Å². The summed E-state index contributed by atoms with van der Waals surface area (Å²) in [5, 5.41) is 11.0. The topological polar surface area (TPSA) is 38.7 Å². The van der Waals surface area contributed by atoms with Crippen LogP contribution < -0.4 is 9.47 Å². The lowest BCUT2D eigenvalue weighted by molar-refractivity contribution is 0.126. The molecule has 2 aromatic carbocycles. The molecule has 0 bridgehead atoms. The Morgan fingerprint density at radius 2 is 1.16 bits per heavy atom. The van der Waals surface area contributed by atoms with Gasteiger partial charge >= 0.3 is 0 Å². The van der Waals surface area contributed by atoms with Gasteiger partial charge in [-0.3, -0.25) is 0 Å². The average Bonchev–Trinajstić information content (AvgIpc) is 2.71. The van der Waals surface area contributed by atoms with Crippen molar-refractivity contribution in [1.29, 1.82) is 0 Å². The predicted molar refractivity (Wildman–Crippen MR) is 153 cm³/mol. The highest BCUT2D eigenvalue weighted by Gasteiger charge is 2.27. The van der Waals surface area contributed by atoms with Gasteiger partial charge in [0.1, 0.15) is 24.7 Å². The molecule has 0 aliphatic carbocycles. The van der Waals surface area contributed by atoms with Crippen molar-refractivity contribution in [1.82, 2.24) is 0 Å². The molecule has 0 fully saturated rings. The minimum Gasteiger partial charge on any atom is -0.490 e. The maximum atomic E-state index is 9.76. The molecule has 0 aliphatic rings. The van der Waals surface area contributed by atoms with Crippen LogP contribution in [0.5, 0.6) is 11.5 Å². The van der Waals surface area contributed by atoms with Crippen molar-refractivity contribution in [3.8, 4) is 11.5 Å². The van der Waals surface area contributed by atoms with E-state index in [-0.39, 0.29) is 16.8 Å². The van der Waals surface area contributed by atoms with Gasteiger partial charge in [0, 0.05) is 16.1 Å². The van der Waals surface area contributed by atoms with E-state index in [2.05, 4.69) is 150 Å². The van der Waals surface area contributed by atoms with Crippen LogP contribution >= 0.6 is 112 Å². The van der Waals surface area contributed by atoms with Crippen LogP contribution in [0.2, 0.25) is 0 Å². The van der Waals surface area contributed by atoms with Crippen LogP contribution in [-0.4, -0.2) is 39.9 Å². The van der Waals surface area contributed by atoms with Crippen molar-refractivity contribution < 1.29 is 14.6 Å². The molecule has 172 valence electrons. The number of ether oxygens (including phenoxy) is 2. The summed E-state index contributed by atoms with van der Waals surface area (Å²) in [6.45, 7) is 5.10.